The second-order valence-electron chi connectivity index (χ2n) is 6.47. The average molecular weight is 314 g/mol. The Bertz CT molecular complexity index is 652. The van der Waals surface area contributed by atoms with Gasteiger partial charge in [0.25, 0.3) is 0 Å². The zero-order chi connectivity index (χ0) is 16.2. The van der Waals surface area contributed by atoms with Crippen LogP contribution in [0.15, 0.2) is 24.3 Å². The van der Waals surface area contributed by atoms with E-state index in [0.717, 1.165) is 36.8 Å². The first kappa shape index (κ1) is 16.0. The minimum absolute atomic E-state index is 0.222. The van der Waals surface area contributed by atoms with E-state index in [1.807, 2.05) is 24.6 Å². The van der Waals surface area contributed by atoms with Crippen LogP contribution in [0.3, 0.4) is 0 Å². The molecule has 1 fully saturated rings. The van der Waals surface area contributed by atoms with Crippen LogP contribution in [0.5, 0.6) is 5.75 Å². The van der Waals surface area contributed by atoms with Gasteiger partial charge in [0.1, 0.15) is 23.5 Å². The number of aryl methyl sites for hydroxylation is 2. The molecule has 124 valence electrons. The highest BCUT2D eigenvalue weighted by Crippen LogP contribution is 2.24. The number of aromatic nitrogens is 3. The lowest BCUT2D eigenvalue weighted by molar-refractivity contribution is 0.112. The molecule has 1 aromatic heterocycles. The predicted octanol–water partition coefficient (Wildman–Crippen LogP) is 2.91. The lowest BCUT2D eigenvalue weighted by atomic mass is 9.92. The van der Waals surface area contributed by atoms with Crippen molar-refractivity contribution in [3.05, 3.63) is 41.5 Å². The second kappa shape index (κ2) is 7.13. The van der Waals surface area contributed by atoms with Crippen molar-refractivity contribution in [2.45, 2.75) is 58.2 Å². The minimum atomic E-state index is 0.222. The van der Waals surface area contributed by atoms with Gasteiger partial charge in [-0.1, -0.05) is 18.6 Å². The fourth-order valence-electron chi connectivity index (χ4n) is 3.16. The summed E-state index contributed by atoms with van der Waals surface area (Å²) >= 11 is 0. The number of nitrogens with zero attached hydrogens (tertiary/aromatic N) is 3. The van der Waals surface area contributed by atoms with Gasteiger partial charge in [0.2, 0.25) is 0 Å². The molecule has 5 heteroatoms. The monoisotopic (exact) mass is 314 g/mol. The molecule has 0 bridgehead atoms. The van der Waals surface area contributed by atoms with Crippen LogP contribution in [0.2, 0.25) is 0 Å². The van der Waals surface area contributed by atoms with E-state index in [2.05, 4.69) is 40.6 Å². The van der Waals surface area contributed by atoms with Gasteiger partial charge in [-0.3, -0.25) is 0 Å². The molecule has 2 aromatic rings. The van der Waals surface area contributed by atoms with E-state index in [0.29, 0.717) is 6.04 Å². The molecule has 23 heavy (non-hydrogen) atoms. The lowest BCUT2D eigenvalue weighted by Crippen LogP contribution is -2.45. The van der Waals surface area contributed by atoms with Gasteiger partial charge in [-0.05, 0) is 50.8 Å². The quantitative estimate of drug-likeness (QED) is 0.922. The fraction of sp³-hybridized carbons (Fsp3) is 0.556. The molecule has 1 aliphatic rings. The Labute approximate surface area is 138 Å². The number of nitrogens with one attached hydrogen (secondary N) is 1. The predicted molar refractivity (Wildman–Crippen MR) is 90.4 cm³/mol. The third-order valence-electron chi connectivity index (χ3n) is 4.68. The molecule has 1 N–H and O–H groups in total. The van der Waals surface area contributed by atoms with E-state index in [9.17, 15) is 0 Å². The Morgan fingerprint density at radius 1 is 1.22 bits per heavy atom. The molecule has 1 heterocycles. The molecule has 1 saturated carbocycles. The summed E-state index contributed by atoms with van der Waals surface area (Å²) in [6.45, 7) is 4.80. The SMILES string of the molecule is Cc1cccc(OC2CCCCC2NCc2nnc(C)n2C)c1. The highest BCUT2D eigenvalue weighted by molar-refractivity contribution is 5.27. The topological polar surface area (TPSA) is 52.0 Å². The third-order valence-corrected chi connectivity index (χ3v) is 4.68. The van der Waals surface area contributed by atoms with Crippen LogP contribution in [-0.2, 0) is 13.6 Å². The normalized spacial score (nSPS) is 21.3. The van der Waals surface area contributed by atoms with Crippen molar-refractivity contribution in [3.8, 4) is 5.75 Å². The summed E-state index contributed by atoms with van der Waals surface area (Å²) in [5.41, 5.74) is 1.23. The Hall–Kier alpha value is -1.88. The van der Waals surface area contributed by atoms with Crippen molar-refractivity contribution in [3.63, 3.8) is 0 Å². The van der Waals surface area contributed by atoms with Crippen molar-refractivity contribution in [2.24, 2.45) is 7.05 Å². The number of benzene rings is 1. The molecule has 0 spiro atoms. The fourth-order valence-corrected chi connectivity index (χ4v) is 3.16. The average Bonchev–Trinajstić information content (AvgIpc) is 2.86. The zero-order valence-corrected chi connectivity index (χ0v) is 14.2. The van der Waals surface area contributed by atoms with Crippen LogP contribution in [-0.4, -0.2) is 26.9 Å². The summed E-state index contributed by atoms with van der Waals surface area (Å²) in [5.74, 6) is 2.89. The van der Waals surface area contributed by atoms with Crippen LogP contribution in [0, 0.1) is 13.8 Å². The van der Waals surface area contributed by atoms with Crippen molar-refractivity contribution < 1.29 is 4.74 Å². The largest absolute Gasteiger partial charge is 0.489 e. The van der Waals surface area contributed by atoms with Crippen LogP contribution in [0.1, 0.15) is 42.9 Å². The summed E-state index contributed by atoms with van der Waals surface area (Å²) in [6, 6.07) is 8.67. The molecule has 1 aromatic carbocycles. The van der Waals surface area contributed by atoms with Gasteiger partial charge in [0.05, 0.1) is 6.54 Å². The zero-order valence-electron chi connectivity index (χ0n) is 14.2. The lowest BCUT2D eigenvalue weighted by Gasteiger charge is -2.32. The van der Waals surface area contributed by atoms with Gasteiger partial charge in [0.15, 0.2) is 0 Å². The molecule has 0 radical (unpaired) electrons. The first-order chi connectivity index (χ1) is 11.1. The van der Waals surface area contributed by atoms with E-state index in [1.165, 1.54) is 18.4 Å². The maximum Gasteiger partial charge on any atom is 0.146 e. The van der Waals surface area contributed by atoms with Gasteiger partial charge in [-0.15, -0.1) is 10.2 Å². The number of ether oxygens (including phenoxy) is 1. The summed E-state index contributed by atoms with van der Waals surface area (Å²) in [6.07, 6.45) is 4.96. The maximum atomic E-state index is 6.27. The Morgan fingerprint density at radius 2 is 2.04 bits per heavy atom. The van der Waals surface area contributed by atoms with Gasteiger partial charge < -0.3 is 14.6 Å². The smallest absolute Gasteiger partial charge is 0.146 e. The van der Waals surface area contributed by atoms with Crippen molar-refractivity contribution in [1.29, 1.82) is 0 Å². The van der Waals surface area contributed by atoms with Gasteiger partial charge >= 0.3 is 0 Å². The number of rotatable bonds is 5. The summed E-state index contributed by atoms with van der Waals surface area (Å²) in [5, 5.41) is 12.0. The summed E-state index contributed by atoms with van der Waals surface area (Å²) in [4.78, 5) is 0. The highest BCUT2D eigenvalue weighted by Gasteiger charge is 2.26. The summed E-state index contributed by atoms with van der Waals surface area (Å²) < 4.78 is 8.30. The van der Waals surface area contributed by atoms with Crippen molar-refractivity contribution >= 4 is 0 Å². The Kier molecular flexibility index (Phi) is 4.96. The minimum Gasteiger partial charge on any atom is -0.489 e. The van der Waals surface area contributed by atoms with Crippen LogP contribution >= 0.6 is 0 Å². The number of hydrogen-bond donors (Lipinski definition) is 1. The van der Waals surface area contributed by atoms with Crippen molar-refractivity contribution in [2.75, 3.05) is 0 Å². The maximum absolute atomic E-state index is 6.27. The molecule has 1 aliphatic carbocycles. The van der Waals surface area contributed by atoms with E-state index in [4.69, 9.17) is 4.74 Å². The van der Waals surface area contributed by atoms with E-state index in [-0.39, 0.29) is 6.10 Å². The molecule has 2 atom stereocenters. The molecule has 5 nitrogen and oxygen atoms in total. The molecule has 0 amide bonds. The van der Waals surface area contributed by atoms with E-state index in [1.54, 1.807) is 0 Å². The Balaban J connectivity index is 1.63. The summed E-state index contributed by atoms with van der Waals surface area (Å²) in [7, 11) is 2.01. The second-order valence-corrected chi connectivity index (χ2v) is 6.47. The number of hydrogen-bond acceptors (Lipinski definition) is 4. The van der Waals surface area contributed by atoms with Crippen LogP contribution < -0.4 is 10.1 Å². The first-order valence-corrected chi connectivity index (χ1v) is 8.45. The molecule has 0 aliphatic heterocycles. The molecule has 2 unspecified atom stereocenters. The van der Waals surface area contributed by atoms with E-state index >= 15 is 0 Å². The first-order valence-electron chi connectivity index (χ1n) is 8.45. The van der Waals surface area contributed by atoms with Gasteiger partial charge in [-0.2, -0.15) is 0 Å². The van der Waals surface area contributed by atoms with Gasteiger partial charge in [-0.25, -0.2) is 0 Å². The van der Waals surface area contributed by atoms with E-state index < -0.39 is 0 Å². The third kappa shape index (κ3) is 3.91. The molecule has 0 saturated heterocycles. The molecule has 3 rings (SSSR count). The molecular weight excluding hydrogens is 288 g/mol. The molecular formula is C18H26N4O. The van der Waals surface area contributed by atoms with Crippen LogP contribution in [0.25, 0.3) is 0 Å². The standard InChI is InChI=1S/C18H26N4O/c1-13-7-6-8-15(11-13)23-17-10-5-4-9-16(17)19-12-18-21-20-14(2)22(18)3/h6-8,11,16-17,19H,4-5,9-10,12H2,1-3H3. The van der Waals surface area contributed by atoms with Gasteiger partial charge in [0, 0.05) is 13.1 Å². The highest BCUT2D eigenvalue weighted by atomic mass is 16.5. The van der Waals surface area contributed by atoms with Crippen molar-refractivity contribution in [1.82, 2.24) is 20.1 Å². The Morgan fingerprint density at radius 3 is 2.78 bits per heavy atom. The van der Waals surface area contributed by atoms with Crippen LogP contribution in [0.4, 0.5) is 0 Å².